The van der Waals surface area contributed by atoms with E-state index in [9.17, 15) is 4.79 Å². The molecule has 3 heterocycles. The number of aromatic nitrogens is 2. The first-order valence-electron chi connectivity index (χ1n) is 7.52. The van der Waals surface area contributed by atoms with E-state index in [2.05, 4.69) is 27.0 Å². The van der Waals surface area contributed by atoms with Gasteiger partial charge in [0.05, 0.1) is 6.26 Å². The van der Waals surface area contributed by atoms with Gasteiger partial charge in [-0.25, -0.2) is 4.98 Å². The zero-order valence-electron chi connectivity index (χ0n) is 12.4. The third-order valence-corrected chi connectivity index (χ3v) is 3.60. The Morgan fingerprint density at radius 2 is 2.23 bits per heavy atom. The number of pyridine rings is 1. The van der Waals surface area contributed by atoms with Gasteiger partial charge in [-0.2, -0.15) is 0 Å². The number of aryl methyl sites for hydroxylation is 2. The van der Waals surface area contributed by atoms with E-state index in [4.69, 9.17) is 4.42 Å². The van der Waals surface area contributed by atoms with Crippen LogP contribution < -0.4 is 5.32 Å². The van der Waals surface area contributed by atoms with Gasteiger partial charge in [-0.15, -0.1) is 0 Å². The number of furan rings is 1. The summed E-state index contributed by atoms with van der Waals surface area (Å²) in [6.07, 6.45) is 7.45. The van der Waals surface area contributed by atoms with E-state index in [0.29, 0.717) is 19.4 Å². The predicted octanol–water partition coefficient (Wildman–Crippen LogP) is 2.77. The van der Waals surface area contributed by atoms with Crippen molar-refractivity contribution in [3.8, 4) is 0 Å². The minimum Gasteiger partial charge on any atom is -0.469 e. The Balaban J connectivity index is 1.39. The first-order valence-corrected chi connectivity index (χ1v) is 7.52. The molecule has 1 amide bonds. The molecule has 0 saturated heterocycles. The number of hydrogen-bond acceptors (Lipinski definition) is 3. The number of carbonyl (C=O) groups is 1. The maximum atomic E-state index is 11.7. The molecule has 0 spiro atoms. The molecule has 22 heavy (non-hydrogen) atoms. The second kappa shape index (κ2) is 6.93. The molecule has 5 heteroatoms. The molecule has 0 fully saturated rings. The molecule has 3 aromatic heterocycles. The molecule has 114 valence electrons. The van der Waals surface area contributed by atoms with Gasteiger partial charge in [0.2, 0.25) is 5.91 Å². The second-order valence-electron chi connectivity index (χ2n) is 5.21. The lowest BCUT2D eigenvalue weighted by molar-refractivity contribution is -0.121. The summed E-state index contributed by atoms with van der Waals surface area (Å²) in [5, 5.41) is 4.08. The van der Waals surface area contributed by atoms with Gasteiger partial charge in [0.1, 0.15) is 11.4 Å². The van der Waals surface area contributed by atoms with Gasteiger partial charge in [0.25, 0.3) is 0 Å². The van der Waals surface area contributed by atoms with E-state index in [0.717, 1.165) is 29.8 Å². The average molecular weight is 297 g/mol. The highest BCUT2D eigenvalue weighted by atomic mass is 16.3. The lowest BCUT2D eigenvalue weighted by Crippen LogP contribution is -2.25. The fourth-order valence-electron chi connectivity index (χ4n) is 2.46. The summed E-state index contributed by atoms with van der Waals surface area (Å²) in [6, 6.07) is 9.77. The van der Waals surface area contributed by atoms with Crippen LogP contribution in [0.3, 0.4) is 0 Å². The number of hydrogen-bond donors (Lipinski definition) is 1. The molecule has 0 aromatic carbocycles. The van der Waals surface area contributed by atoms with Crippen LogP contribution in [0.1, 0.15) is 18.6 Å². The number of carbonyl (C=O) groups excluding carboxylic acids is 1. The summed E-state index contributed by atoms with van der Waals surface area (Å²) in [6.45, 7) is 1.52. The molecule has 3 aromatic rings. The molecule has 0 aliphatic carbocycles. The van der Waals surface area contributed by atoms with E-state index < -0.39 is 0 Å². The molecule has 0 bridgehead atoms. The first kappa shape index (κ1) is 14.4. The Labute approximate surface area is 129 Å². The SMILES string of the molecule is O=C(CCc1ccco1)NCCCn1ccc2cccnc21. The summed E-state index contributed by atoms with van der Waals surface area (Å²) in [4.78, 5) is 16.1. The lowest BCUT2D eigenvalue weighted by Gasteiger charge is -2.06. The largest absolute Gasteiger partial charge is 0.469 e. The summed E-state index contributed by atoms with van der Waals surface area (Å²) in [5.41, 5.74) is 0.992. The van der Waals surface area contributed by atoms with Crippen LogP contribution in [0.5, 0.6) is 0 Å². The maximum absolute atomic E-state index is 11.7. The molecule has 3 rings (SSSR count). The van der Waals surface area contributed by atoms with Crippen molar-refractivity contribution in [3.63, 3.8) is 0 Å². The molecule has 5 nitrogen and oxygen atoms in total. The van der Waals surface area contributed by atoms with Gasteiger partial charge in [0, 0.05) is 43.7 Å². The highest BCUT2D eigenvalue weighted by Crippen LogP contribution is 2.12. The standard InChI is InChI=1S/C17H19N3O2/c21-16(7-6-15-5-2-13-22-15)18-10-3-11-20-12-8-14-4-1-9-19-17(14)20/h1-2,4-5,8-9,12-13H,3,6-7,10-11H2,(H,18,21). The monoisotopic (exact) mass is 297 g/mol. The van der Waals surface area contributed by atoms with Crippen molar-refractivity contribution in [1.82, 2.24) is 14.9 Å². The molecular formula is C17H19N3O2. The highest BCUT2D eigenvalue weighted by molar-refractivity contribution is 5.76. The van der Waals surface area contributed by atoms with Crippen LogP contribution in [0, 0.1) is 0 Å². The Bertz CT molecular complexity index is 731. The predicted molar refractivity (Wildman–Crippen MR) is 84.4 cm³/mol. The zero-order valence-corrected chi connectivity index (χ0v) is 12.4. The topological polar surface area (TPSA) is 60.1 Å². The van der Waals surface area contributed by atoms with E-state index in [-0.39, 0.29) is 5.91 Å². The van der Waals surface area contributed by atoms with Crippen molar-refractivity contribution in [2.24, 2.45) is 0 Å². The Hall–Kier alpha value is -2.56. The third-order valence-electron chi connectivity index (χ3n) is 3.60. The number of fused-ring (bicyclic) bond motifs is 1. The molecule has 0 unspecified atom stereocenters. The quantitative estimate of drug-likeness (QED) is 0.682. The van der Waals surface area contributed by atoms with E-state index in [1.54, 1.807) is 12.5 Å². The summed E-state index contributed by atoms with van der Waals surface area (Å²) in [5.74, 6) is 0.909. The summed E-state index contributed by atoms with van der Waals surface area (Å²) < 4.78 is 7.32. The highest BCUT2D eigenvalue weighted by Gasteiger charge is 2.04. The van der Waals surface area contributed by atoms with Crippen LogP contribution in [0.25, 0.3) is 11.0 Å². The Morgan fingerprint density at radius 3 is 3.09 bits per heavy atom. The minimum atomic E-state index is 0.0619. The van der Waals surface area contributed by atoms with Gasteiger partial charge in [0.15, 0.2) is 0 Å². The van der Waals surface area contributed by atoms with E-state index >= 15 is 0 Å². The van der Waals surface area contributed by atoms with Crippen LogP contribution in [0.15, 0.2) is 53.4 Å². The normalized spacial score (nSPS) is 10.9. The maximum Gasteiger partial charge on any atom is 0.220 e. The molecular weight excluding hydrogens is 278 g/mol. The van der Waals surface area contributed by atoms with Gasteiger partial charge in [-0.1, -0.05) is 0 Å². The third kappa shape index (κ3) is 3.55. The van der Waals surface area contributed by atoms with E-state index in [1.165, 1.54) is 0 Å². The first-order chi connectivity index (χ1) is 10.8. The van der Waals surface area contributed by atoms with Crippen LogP contribution >= 0.6 is 0 Å². The van der Waals surface area contributed by atoms with Crippen molar-refractivity contribution in [2.75, 3.05) is 6.54 Å². The van der Waals surface area contributed by atoms with Crippen LogP contribution in [0.2, 0.25) is 0 Å². The zero-order chi connectivity index (χ0) is 15.2. The van der Waals surface area contributed by atoms with Crippen LogP contribution in [-0.4, -0.2) is 22.0 Å². The van der Waals surface area contributed by atoms with Crippen molar-refractivity contribution in [1.29, 1.82) is 0 Å². The van der Waals surface area contributed by atoms with Crippen LogP contribution in [0.4, 0.5) is 0 Å². The molecule has 1 N–H and O–H groups in total. The molecule has 0 saturated carbocycles. The average Bonchev–Trinajstić information content (AvgIpc) is 3.19. The van der Waals surface area contributed by atoms with Gasteiger partial charge < -0.3 is 14.3 Å². The van der Waals surface area contributed by atoms with Gasteiger partial charge in [-0.3, -0.25) is 4.79 Å². The molecule has 0 aliphatic rings. The van der Waals surface area contributed by atoms with Gasteiger partial charge >= 0.3 is 0 Å². The van der Waals surface area contributed by atoms with Gasteiger partial charge in [-0.05, 0) is 36.8 Å². The number of rotatable bonds is 7. The Kier molecular flexibility index (Phi) is 4.53. The fourth-order valence-corrected chi connectivity index (χ4v) is 2.46. The van der Waals surface area contributed by atoms with Crippen LogP contribution in [-0.2, 0) is 17.8 Å². The van der Waals surface area contributed by atoms with Crippen molar-refractivity contribution >= 4 is 16.9 Å². The minimum absolute atomic E-state index is 0.0619. The molecule has 0 aliphatic heterocycles. The molecule has 0 atom stereocenters. The smallest absolute Gasteiger partial charge is 0.220 e. The number of amides is 1. The second-order valence-corrected chi connectivity index (χ2v) is 5.21. The summed E-state index contributed by atoms with van der Waals surface area (Å²) >= 11 is 0. The van der Waals surface area contributed by atoms with Crippen molar-refractivity contribution < 1.29 is 9.21 Å². The lowest BCUT2D eigenvalue weighted by atomic mass is 10.2. The van der Waals surface area contributed by atoms with Crippen molar-refractivity contribution in [3.05, 3.63) is 54.7 Å². The summed E-state index contributed by atoms with van der Waals surface area (Å²) in [7, 11) is 0. The molecule has 0 radical (unpaired) electrons. The number of nitrogens with zero attached hydrogens (tertiary/aromatic N) is 2. The fraction of sp³-hybridized carbons (Fsp3) is 0.294. The number of nitrogens with one attached hydrogen (secondary N) is 1. The van der Waals surface area contributed by atoms with Crippen molar-refractivity contribution in [2.45, 2.75) is 25.8 Å². The van der Waals surface area contributed by atoms with E-state index in [1.807, 2.05) is 24.4 Å². The Morgan fingerprint density at radius 1 is 1.27 bits per heavy atom.